The summed E-state index contributed by atoms with van der Waals surface area (Å²) in [6.07, 6.45) is 9.01. The maximum absolute atomic E-state index is 6.02. The third kappa shape index (κ3) is 3.37. The standard InChI is InChI=1S/C15H28N4/c1-4-18-11-13(10-17-18)12(3)19(5-2)15-8-6-14(16)7-9-15/h10-12,14-15H,4-9,16H2,1-3H3. The Labute approximate surface area is 117 Å². The summed E-state index contributed by atoms with van der Waals surface area (Å²) in [5.74, 6) is 0. The monoisotopic (exact) mass is 264 g/mol. The van der Waals surface area contributed by atoms with Crippen molar-refractivity contribution >= 4 is 0 Å². The van der Waals surface area contributed by atoms with E-state index in [1.54, 1.807) is 0 Å². The molecule has 0 spiro atoms. The molecule has 19 heavy (non-hydrogen) atoms. The van der Waals surface area contributed by atoms with E-state index >= 15 is 0 Å². The van der Waals surface area contributed by atoms with Crippen molar-refractivity contribution in [3.8, 4) is 0 Å². The highest BCUT2D eigenvalue weighted by Crippen LogP contribution is 2.29. The zero-order valence-corrected chi connectivity index (χ0v) is 12.5. The summed E-state index contributed by atoms with van der Waals surface area (Å²) in [5, 5.41) is 4.40. The summed E-state index contributed by atoms with van der Waals surface area (Å²) >= 11 is 0. The number of hydrogen-bond donors (Lipinski definition) is 1. The molecule has 0 aromatic carbocycles. The van der Waals surface area contributed by atoms with E-state index in [1.807, 2.05) is 10.9 Å². The zero-order valence-electron chi connectivity index (χ0n) is 12.5. The fraction of sp³-hybridized carbons (Fsp3) is 0.800. The lowest BCUT2D eigenvalue weighted by molar-refractivity contribution is 0.114. The second-order valence-electron chi connectivity index (χ2n) is 5.70. The van der Waals surface area contributed by atoms with Crippen molar-refractivity contribution in [3.05, 3.63) is 18.0 Å². The minimum Gasteiger partial charge on any atom is -0.328 e. The van der Waals surface area contributed by atoms with Crippen LogP contribution < -0.4 is 5.73 Å². The average molecular weight is 264 g/mol. The molecule has 4 heteroatoms. The van der Waals surface area contributed by atoms with Gasteiger partial charge in [-0.05, 0) is 46.1 Å². The number of nitrogens with two attached hydrogens (primary N) is 1. The molecular weight excluding hydrogens is 236 g/mol. The van der Waals surface area contributed by atoms with Crippen LogP contribution >= 0.6 is 0 Å². The van der Waals surface area contributed by atoms with E-state index in [2.05, 4.69) is 37.0 Å². The van der Waals surface area contributed by atoms with Gasteiger partial charge in [0.15, 0.2) is 0 Å². The van der Waals surface area contributed by atoms with Gasteiger partial charge in [-0.3, -0.25) is 9.58 Å². The summed E-state index contributed by atoms with van der Waals surface area (Å²) in [4.78, 5) is 2.61. The molecule has 0 aliphatic heterocycles. The maximum atomic E-state index is 6.02. The van der Waals surface area contributed by atoms with E-state index < -0.39 is 0 Å². The Morgan fingerprint density at radius 2 is 2.05 bits per heavy atom. The largest absolute Gasteiger partial charge is 0.328 e. The van der Waals surface area contributed by atoms with Gasteiger partial charge in [0.1, 0.15) is 0 Å². The van der Waals surface area contributed by atoms with Crippen LogP contribution in [0.1, 0.15) is 58.1 Å². The quantitative estimate of drug-likeness (QED) is 0.889. The van der Waals surface area contributed by atoms with Crippen LogP contribution in [0.4, 0.5) is 0 Å². The number of nitrogens with zero attached hydrogens (tertiary/aromatic N) is 3. The van der Waals surface area contributed by atoms with E-state index in [4.69, 9.17) is 5.73 Å². The second kappa shape index (κ2) is 6.53. The van der Waals surface area contributed by atoms with Crippen LogP contribution in [0.25, 0.3) is 0 Å². The maximum Gasteiger partial charge on any atom is 0.0537 e. The summed E-state index contributed by atoms with van der Waals surface area (Å²) in [6.45, 7) is 8.72. The van der Waals surface area contributed by atoms with Crippen LogP contribution in [0, 0.1) is 0 Å². The number of rotatable bonds is 5. The van der Waals surface area contributed by atoms with E-state index in [-0.39, 0.29) is 0 Å². The highest BCUT2D eigenvalue weighted by Gasteiger charge is 2.27. The summed E-state index contributed by atoms with van der Waals surface area (Å²) < 4.78 is 2.01. The van der Waals surface area contributed by atoms with Crippen molar-refractivity contribution in [1.82, 2.24) is 14.7 Å². The van der Waals surface area contributed by atoms with Gasteiger partial charge < -0.3 is 5.73 Å². The molecule has 4 nitrogen and oxygen atoms in total. The first-order valence-electron chi connectivity index (χ1n) is 7.69. The van der Waals surface area contributed by atoms with E-state index in [0.29, 0.717) is 18.1 Å². The van der Waals surface area contributed by atoms with Crippen LogP contribution in [0.15, 0.2) is 12.4 Å². The fourth-order valence-corrected chi connectivity index (χ4v) is 3.24. The Hall–Kier alpha value is -0.870. The lowest BCUT2D eigenvalue weighted by Gasteiger charge is -2.39. The van der Waals surface area contributed by atoms with Gasteiger partial charge in [0.05, 0.1) is 6.20 Å². The predicted octanol–water partition coefficient (Wildman–Crippen LogP) is 2.56. The van der Waals surface area contributed by atoms with Gasteiger partial charge in [-0.2, -0.15) is 5.10 Å². The van der Waals surface area contributed by atoms with Crippen molar-refractivity contribution in [2.24, 2.45) is 5.73 Å². The molecule has 0 radical (unpaired) electrons. The number of aromatic nitrogens is 2. The molecule has 1 aromatic heterocycles. The Morgan fingerprint density at radius 1 is 1.37 bits per heavy atom. The third-order valence-corrected chi connectivity index (χ3v) is 4.53. The van der Waals surface area contributed by atoms with Crippen molar-refractivity contribution in [3.63, 3.8) is 0 Å². The molecule has 1 heterocycles. The van der Waals surface area contributed by atoms with Gasteiger partial charge >= 0.3 is 0 Å². The SMILES string of the molecule is CCN(C1CCC(N)CC1)C(C)c1cnn(CC)c1. The first-order chi connectivity index (χ1) is 9.15. The summed E-state index contributed by atoms with van der Waals surface area (Å²) in [6, 6.07) is 1.56. The van der Waals surface area contributed by atoms with E-state index in [0.717, 1.165) is 13.1 Å². The van der Waals surface area contributed by atoms with Crippen molar-refractivity contribution in [1.29, 1.82) is 0 Å². The first-order valence-corrected chi connectivity index (χ1v) is 7.69. The molecule has 1 aliphatic carbocycles. The number of hydrogen-bond acceptors (Lipinski definition) is 3. The van der Waals surface area contributed by atoms with Gasteiger partial charge in [-0.25, -0.2) is 0 Å². The van der Waals surface area contributed by atoms with Crippen LogP contribution in [-0.2, 0) is 6.54 Å². The number of aryl methyl sites for hydroxylation is 1. The summed E-state index contributed by atoms with van der Waals surface area (Å²) in [5.41, 5.74) is 7.35. The molecule has 2 rings (SSSR count). The Morgan fingerprint density at radius 3 is 2.58 bits per heavy atom. The Bertz CT molecular complexity index is 379. The molecule has 1 atom stereocenters. The Kier molecular flexibility index (Phi) is 4.99. The molecule has 1 fully saturated rings. The van der Waals surface area contributed by atoms with Gasteiger partial charge in [-0.15, -0.1) is 0 Å². The minimum absolute atomic E-state index is 0.424. The molecule has 2 N–H and O–H groups in total. The van der Waals surface area contributed by atoms with Gasteiger partial charge in [-0.1, -0.05) is 6.92 Å². The van der Waals surface area contributed by atoms with Gasteiger partial charge in [0, 0.05) is 36.4 Å². The molecule has 1 unspecified atom stereocenters. The van der Waals surface area contributed by atoms with Crippen LogP contribution in [0.5, 0.6) is 0 Å². The predicted molar refractivity (Wildman–Crippen MR) is 78.9 cm³/mol. The van der Waals surface area contributed by atoms with Crippen molar-refractivity contribution < 1.29 is 0 Å². The topological polar surface area (TPSA) is 47.1 Å². The molecule has 1 aromatic rings. The Balaban J connectivity index is 2.03. The smallest absolute Gasteiger partial charge is 0.0537 e. The summed E-state index contributed by atoms with van der Waals surface area (Å²) in [7, 11) is 0. The molecule has 1 saturated carbocycles. The van der Waals surface area contributed by atoms with Gasteiger partial charge in [0.2, 0.25) is 0 Å². The van der Waals surface area contributed by atoms with Crippen molar-refractivity contribution in [2.75, 3.05) is 6.54 Å². The molecule has 1 aliphatic rings. The molecular formula is C15H28N4. The minimum atomic E-state index is 0.424. The van der Waals surface area contributed by atoms with E-state index in [1.165, 1.54) is 31.2 Å². The molecule has 108 valence electrons. The lowest BCUT2D eigenvalue weighted by Crippen LogP contribution is -2.42. The van der Waals surface area contributed by atoms with Crippen molar-refractivity contribution in [2.45, 2.75) is 71.1 Å². The molecule has 0 saturated heterocycles. The zero-order chi connectivity index (χ0) is 13.8. The fourth-order valence-electron chi connectivity index (χ4n) is 3.24. The lowest BCUT2D eigenvalue weighted by atomic mass is 9.89. The average Bonchev–Trinajstić information content (AvgIpc) is 2.90. The van der Waals surface area contributed by atoms with Crippen LogP contribution in [-0.4, -0.2) is 33.3 Å². The highest BCUT2D eigenvalue weighted by atomic mass is 15.3. The van der Waals surface area contributed by atoms with Gasteiger partial charge in [0.25, 0.3) is 0 Å². The second-order valence-corrected chi connectivity index (χ2v) is 5.70. The molecule has 0 bridgehead atoms. The highest BCUT2D eigenvalue weighted by molar-refractivity contribution is 5.10. The first kappa shape index (κ1) is 14.5. The van der Waals surface area contributed by atoms with E-state index in [9.17, 15) is 0 Å². The normalized spacial score (nSPS) is 25.7. The van der Waals surface area contributed by atoms with Crippen LogP contribution in [0.3, 0.4) is 0 Å². The van der Waals surface area contributed by atoms with Crippen LogP contribution in [0.2, 0.25) is 0 Å². The molecule has 0 amide bonds. The third-order valence-electron chi connectivity index (χ3n) is 4.53.